The van der Waals surface area contributed by atoms with Crippen molar-refractivity contribution in [1.29, 1.82) is 0 Å². The van der Waals surface area contributed by atoms with Crippen LogP contribution in [-0.2, 0) is 14.6 Å². The van der Waals surface area contributed by atoms with Crippen LogP contribution in [-0.4, -0.2) is 37.8 Å². The van der Waals surface area contributed by atoms with E-state index in [1.807, 2.05) is 24.3 Å². The Kier molecular flexibility index (Phi) is 6.72. The molecule has 0 spiro atoms. The average Bonchev–Trinajstić information content (AvgIpc) is 3.06. The molecule has 7 heteroatoms. The van der Waals surface area contributed by atoms with Gasteiger partial charge in [0.2, 0.25) is 0 Å². The van der Waals surface area contributed by atoms with Crippen molar-refractivity contribution in [3.8, 4) is 0 Å². The maximum Gasteiger partial charge on any atom is 0.268 e. The largest absolute Gasteiger partial charge is 0.347 e. The molecule has 1 unspecified atom stereocenters. The zero-order valence-electron chi connectivity index (χ0n) is 17.1. The van der Waals surface area contributed by atoms with Crippen LogP contribution in [0.15, 0.2) is 60.3 Å². The zero-order valence-corrected chi connectivity index (χ0v) is 17.9. The van der Waals surface area contributed by atoms with Gasteiger partial charge in [0.15, 0.2) is 9.84 Å². The predicted molar refractivity (Wildman–Crippen MR) is 118 cm³/mol. The number of carbonyl (C=O) groups excluding carboxylic acids is 2. The maximum atomic E-state index is 12.9. The molecule has 1 aliphatic heterocycles. The molecule has 0 saturated carbocycles. The van der Waals surface area contributed by atoms with Crippen LogP contribution in [0.4, 0.5) is 0 Å². The molecule has 3 rings (SSSR count). The van der Waals surface area contributed by atoms with Gasteiger partial charge in [-0.05, 0) is 41.7 Å². The lowest BCUT2D eigenvalue weighted by atomic mass is 10.0. The zero-order chi connectivity index (χ0) is 21.7. The third kappa shape index (κ3) is 5.79. The number of nitrogens with one attached hydrogen (secondary N) is 2. The van der Waals surface area contributed by atoms with Crippen molar-refractivity contribution in [3.05, 3.63) is 77.0 Å². The number of rotatable bonds is 6. The van der Waals surface area contributed by atoms with E-state index >= 15 is 0 Å². The second kappa shape index (κ2) is 9.26. The van der Waals surface area contributed by atoms with Gasteiger partial charge in [-0.25, -0.2) is 8.42 Å². The lowest BCUT2D eigenvalue weighted by Gasteiger charge is -2.15. The first-order valence-corrected chi connectivity index (χ1v) is 11.7. The first-order valence-electron chi connectivity index (χ1n) is 9.93. The fraction of sp³-hybridized carbons (Fsp3) is 0.304. The van der Waals surface area contributed by atoms with Crippen molar-refractivity contribution in [2.24, 2.45) is 0 Å². The first-order chi connectivity index (χ1) is 14.2. The Bertz CT molecular complexity index is 1040. The minimum absolute atomic E-state index is 0.0596. The van der Waals surface area contributed by atoms with Crippen LogP contribution < -0.4 is 10.6 Å². The highest BCUT2D eigenvalue weighted by Gasteiger charge is 2.30. The molecule has 1 saturated heterocycles. The van der Waals surface area contributed by atoms with E-state index in [-0.39, 0.29) is 17.2 Å². The van der Waals surface area contributed by atoms with Crippen molar-refractivity contribution in [3.63, 3.8) is 0 Å². The van der Waals surface area contributed by atoms with Crippen molar-refractivity contribution < 1.29 is 18.0 Å². The summed E-state index contributed by atoms with van der Waals surface area (Å²) in [7, 11) is -3.13. The summed E-state index contributed by atoms with van der Waals surface area (Å²) < 4.78 is 23.4. The fourth-order valence-corrected chi connectivity index (χ4v) is 4.93. The summed E-state index contributed by atoms with van der Waals surface area (Å²) in [5.74, 6) is -0.553. The van der Waals surface area contributed by atoms with Gasteiger partial charge < -0.3 is 10.6 Å². The second-order valence-corrected chi connectivity index (χ2v) is 10.0. The predicted octanol–water partition coefficient (Wildman–Crippen LogP) is 2.88. The number of amides is 2. The Hall–Kier alpha value is -2.93. The molecular weight excluding hydrogens is 400 g/mol. The van der Waals surface area contributed by atoms with Crippen LogP contribution in [0.3, 0.4) is 0 Å². The van der Waals surface area contributed by atoms with E-state index in [4.69, 9.17) is 0 Å². The summed E-state index contributed by atoms with van der Waals surface area (Å²) in [5, 5.41) is 5.41. The van der Waals surface area contributed by atoms with Crippen LogP contribution in [0.1, 0.15) is 47.7 Å². The van der Waals surface area contributed by atoms with Gasteiger partial charge in [0, 0.05) is 11.6 Å². The Balaban J connectivity index is 1.83. The van der Waals surface area contributed by atoms with Gasteiger partial charge in [0.25, 0.3) is 11.8 Å². The molecule has 0 aromatic heterocycles. The summed E-state index contributed by atoms with van der Waals surface area (Å²) in [6, 6.07) is 15.9. The molecule has 0 bridgehead atoms. The molecule has 2 amide bonds. The van der Waals surface area contributed by atoms with Crippen molar-refractivity contribution in [2.75, 3.05) is 11.5 Å². The quantitative estimate of drug-likeness (QED) is 0.695. The van der Waals surface area contributed by atoms with E-state index in [1.165, 1.54) is 5.56 Å². The highest BCUT2D eigenvalue weighted by molar-refractivity contribution is 7.91. The Morgan fingerprint density at radius 3 is 2.27 bits per heavy atom. The maximum absolute atomic E-state index is 12.9. The Labute approximate surface area is 177 Å². The minimum atomic E-state index is -3.13. The highest BCUT2D eigenvalue weighted by Crippen LogP contribution is 2.17. The third-order valence-corrected chi connectivity index (χ3v) is 6.78. The summed E-state index contributed by atoms with van der Waals surface area (Å²) in [4.78, 5) is 25.5. The number of sulfone groups is 1. The Morgan fingerprint density at radius 1 is 1.03 bits per heavy atom. The van der Waals surface area contributed by atoms with Crippen molar-refractivity contribution in [1.82, 2.24) is 10.6 Å². The number of hydrogen-bond acceptors (Lipinski definition) is 4. The summed E-state index contributed by atoms with van der Waals surface area (Å²) in [6.45, 7) is 4.19. The summed E-state index contributed by atoms with van der Waals surface area (Å²) in [5.41, 5.74) is 2.43. The fourth-order valence-electron chi connectivity index (χ4n) is 3.26. The lowest BCUT2D eigenvalue weighted by Crippen LogP contribution is -2.41. The molecule has 6 nitrogen and oxygen atoms in total. The van der Waals surface area contributed by atoms with Crippen LogP contribution in [0, 0.1) is 0 Å². The topological polar surface area (TPSA) is 92.3 Å². The molecule has 1 fully saturated rings. The van der Waals surface area contributed by atoms with Gasteiger partial charge in [-0.3, -0.25) is 9.59 Å². The van der Waals surface area contributed by atoms with Gasteiger partial charge in [0.05, 0.1) is 11.5 Å². The van der Waals surface area contributed by atoms with Crippen LogP contribution >= 0.6 is 0 Å². The van der Waals surface area contributed by atoms with E-state index in [1.54, 1.807) is 36.4 Å². The number of hydrogen-bond donors (Lipinski definition) is 2. The van der Waals surface area contributed by atoms with Crippen LogP contribution in [0.5, 0.6) is 0 Å². The second-order valence-electron chi connectivity index (χ2n) is 7.77. The SMILES string of the molecule is CC(C)c1ccc(C=C(NC(=O)c2ccccc2)C(=O)NC2CCS(=O)(=O)C2)cc1. The van der Waals surface area contributed by atoms with Gasteiger partial charge in [-0.2, -0.15) is 0 Å². The van der Waals surface area contributed by atoms with E-state index in [2.05, 4.69) is 24.5 Å². The highest BCUT2D eigenvalue weighted by atomic mass is 32.2. The third-order valence-electron chi connectivity index (χ3n) is 5.01. The first kappa shape index (κ1) is 21.8. The van der Waals surface area contributed by atoms with E-state index in [0.29, 0.717) is 17.9 Å². The van der Waals surface area contributed by atoms with Gasteiger partial charge >= 0.3 is 0 Å². The van der Waals surface area contributed by atoms with E-state index < -0.39 is 27.7 Å². The summed E-state index contributed by atoms with van der Waals surface area (Å²) >= 11 is 0. The lowest BCUT2D eigenvalue weighted by molar-refractivity contribution is -0.118. The smallest absolute Gasteiger partial charge is 0.268 e. The molecule has 1 heterocycles. The molecule has 2 aromatic carbocycles. The standard InChI is InChI=1S/C23H26N2O4S/c1-16(2)18-10-8-17(9-11-18)14-21(25-22(26)19-6-4-3-5-7-19)23(27)24-20-12-13-30(28,29)15-20/h3-11,14,16,20H,12-13,15H2,1-2H3,(H,24,27)(H,25,26). The van der Waals surface area contributed by atoms with Crippen molar-refractivity contribution >= 4 is 27.7 Å². The molecule has 0 aliphatic carbocycles. The average molecular weight is 427 g/mol. The Morgan fingerprint density at radius 2 is 1.70 bits per heavy atom. The van der Waals surface area contributed by atoms with Gasteiger partial charge in [-0.1, -0.05) is 56.3 Å². The van der Waals surface area contributed by atoms with Crippen molar-refractivity contribution in [2.45, 2.75) is 32.2 Å². The molecule has 2 N–H and O–H groups in total. The monoisotopic (exact) mass is 426 g/mol. The van der Waals surface area contributed by atoms with E-state index in [9.17, 15) is 18.0 Å². The van der Waals surface area contributed by atoms with Gasteiger partial charge in [-0.15, -0.1) is 0 Å². The molecule has 30 heavy (non-hydrogen) atoms. The molecular formula is C23H26N2O4S. The molecule has 158 valence electrons. The molecule has 0 radical (unpaired) electrons. The van der Waals surface area contributed by atoms with Crippen LogP contribution in [0.2, 0.25) is 0 Å². The number of carbonyl (C=O) groups is 2. The molecule has 1 atom stereocenters. The molecule has 2 aromatic rings. The van der Waals surface area contributed by atoms with Crippen LogP contribution in [0.25, 0.3) is 6.08 Å². The summed E-state index contributed by atoms with van der Waals surface area (Å²) in [6.07, 6.45) is 1.97. The molecule has 1 aliphatic rings. The number of benzene rings is 2. The minimum Gasteiger partial charge on any atom is -0.347 e. The van der Waals surface area contributed by atoms with Gasteiger partial charge in [0.1, 0.15) is 5.70 Å². The van der Waals surface area contributed by atoms with E-state index in [0.717, 1.165) is 5.56 Å². The normalized spacial score (nSPS) is 18.2.